The monoisotopic (exact) mass is 336 g/mol. The van der Waals surface area contributed by atoms with E-state index >= 15 is 0 Å². The van der Waals surface area contributed by atoms with Gasteiger partial charge in [0.25, 0.3) is 0 Å². The SMILES string of the molecule is CCCCCCCCCCCCCCOc1cc(CC)oc(=O)c1. The molecule has 3 nitrogen and oxygen atoms in total. The Kier molecular flexibility index (Phi) is 12.2. The van der Waals surface area contributed by atoms with E-state index in [1.807, 2.05) is 13.0 Å². The summed E-state index contributed by atoms with van der Waals surface area (Å²) in [7, 11) is 0. The van der Waals surface area contributed by atoms with E-state index in [0.717, 1.165) is 6.42 Å². The highest BCUT2D eigenvalue weighted by atomic mass is 16.5. The van der Waals surface area contributed by atoms with Gasteiger partial charge in [-0.15, -0.1) is 0 Å². The molecule has 138 valence electrons. The van der Waals surface area contributed by atoms with Crippen LogP contribution in [0.5, 0.6) is 5.75 Å². The minimum absolute atomic E-state index is 0.320. The number of hydrogen-bond donors (Lipinski definition) is 0. The molecule has 0 saturated carbocycles. The molecule has 1 rings (SSSR count). The molecule has 0 N–H and O–H groups in total. The topological polar surface area (TPSA) is 39.4 Å². The summed E-state index contributed by atoms with van der Waals surface area (Å²) in [5.74, 6) is 1.33. The van der Waals surface area contributed by atoms with Crippen molar-refractivity contribution < 1.29 is 9.15 Å². The van der Waals surface area contributed by atoms with Crippen LogP contribution in [0.2, 0.25) is 0 Å². The molecule has 0 unspecified atom stereocenters. The smallest absolute Gasteiger partial charge is 0.339 e. The summed E-state index contributed by atoms with van der Waals surface area (Å²) in [5.41, 5.74) is -0.320. The highest BCUT2D eigenvalue weighted by Crippen LogP contribution is 2.13. The number of hydrogen-bond acceptors (Lipinski definition) is 3. The van der Waals surface area contributed by atoms with Gasteiger partial charge < -0.3 is 9.15 Å². The van der Waals surface area contributed by atoms with Gasteiger partial charge in [0.1, 0.15) is 11.5 Å². The van der Waals surface area contributed by atoms with Crippen LogP contribution >= 0.6 is 0 Å². The second-order valence-corrected chi connectivity index (χ2v) is 6.67. The van der Waals surface area contributed by atoms with Gasteiger partial charge in [0, 0.05) is 12.5 Å². The number of ether oxygens (including phenoxy) is 1. The van der Waals surface area contributed by atoms with Crippen LogP contribution < -0.4 is 10.4 Å². The lowest BCUT2D eigenvalue weighted by atomic mass is 10.1. The van der Waals surface area contributed by atoms with E-state index in [9.17, 15) is 4.79 Å². The largest absolute Gasteiger partial charge is 0.493 e. The summed E-state index contributed by atoms with van der Waals surface area (Å²) in [6, 6.07) is 3.25. The molecule has 0 radical (unpaired) electrons. The summed E-state index contributed by atoms with van der Waals surface area (Å²) in [6.07, 6.45) is 16.7. The highest BCUT2D eigenvalue weighted by molar-refractivity contribution is 5.20. The van der Waals surface area contributed by atoms with Crippen LogP contribution in [-0.2, 0) is 6.42 Å². The van der Waals surface area contributed by atoms with Gasteiger partial charge in [-0.05, 0) is 6.42 Å². The molecule has 0 amide bonds. The molecule has 1 heterocycles. The van der Waals surface area contributed by atoms with Gasteiger partial charge in [0.2, 0.25) is 0 Å². The molecule has 0 aliphatic carbocycles. The average Bonchev–Trinajstić information content (AvgIpc) is 2.58. The van der Waals surface area contributed by atoms with Gasteiger partial charge in [-0.3, -0.25) is 0 Å². The molecular formula is C21H36O3. The Hall–Kier alpha value is -1.25. The first-order valence-electron chi connectivity index (χ1n) is 10.0. The number of aryl methyl sites for hydroxylation is 1. The normalized spacial score (nSPS) is 10.9. The van der Waals surface area contributed by atoms with E-state index in [0.29, 0.717) is 24.5 Å². The quantitative estimate of drug-likeness (QED) is 0.354. The van der Waals surface area contributed by atoms with Gasteiger partial charge in [0.05, 0.1) is 12.7 Å². The van der Waals surface area contributed by atoms with Crippen molar-refractivity contribution >= 4 is 0 Å². The van der Waals surface area contributed by atoms with E-state index < -0.39 is 0 Å². The van der Waals surface area contributed by atoms with Crippen molar-refractivity contribution in [2.75, 3.05) is 6.61 Å². The lowest BCUT2D eigenvalue weighted by Gasteiger charge is -2.06. The van der Waals surface area contributed by atoms with Gasteiger partial charge >= 0.3 is 5.63 Å². The third kappa shape index (κ3) is 10.5. The Labute approximate surface area is 147 Å². The van der Waals surface area contributed by atoms with Crippen molar-refractivity contribution in [2.45, 2.75) is 97.3 Å². The maximum absolute atomic E-state index is 11.4. The first-order chi connectivity index (χ1) is 11.8. The summed E-state index contributed by atoms with van der Waals surface area (Å²) in [5, 5.41) is 0. The maximum Gasteiger partial charge on any atom is 0.339 e. The molecule has 0 aliphatic heterocycles. The Morgan fingerprint density at radius 2 is 1.33 bits per heavy atom. The average molecular weight is 337 g/mol. The van der Waals surface area contributed by atoms with Crippen LogP contribution in [-0.4, -0.2) is 6.61 Å². The number of unbranched alkanes of at least 4 members (excludes halogenated alkanes) is 11. The molecule has 0 fully saturated rings. The predicted molar refractivity (Wildman–Crippen MR) is 101 cm³/mol. The van der Waals surface area contributed by atoms with Crippen LogP contribution in [0.4, 0.5) is 0 Å². The zero-order chi connectivity index (χ0) is 17.5. The molecule has 0 saturated heterocycles. The summed E-state index contributed by atoms with van der Waals surface area (Å²) >= 11 is 0. The van der Waals surface area contributed by atoms with Gasteiger partial charge in [-0.2, -0.15) is 0 Å². The molecule has 3 heteroatoms. The van der Waals surface area contributed by atoms with Crippen LogP contribution in [0, 0.1) is 0 Å². The lowest BCUT2D eigenvalue weighted by Crippen LogP contribution is -2.04. The van der Waals surface area contributed by atoms with Crippen LogP contribution in [0.1, 0.15) is 96.7 Å². The fraction of sp³-hybridized carbons (Fsp3) is 0.762. The van der Waals surface area contributed by atoms with Crippen LogP contribution in [0.3, 0.4) is 0 Å². The van der Waals surface area contributed by atoms with Crippen molar-refractivity contribution in [1.82, 2.24) is 0 Å². The van der Waals surface area contributed by atoms with Crippen molar-refractivity contribution in [1.29, 1.82) is 0 Å². The Bertz CT molecular complexity index is 464. The fourth-order valence-electron chi connectivity index (χ4n) is 2.90. The van der Waals surface area contributed by atoms with Crippen LogP contribution in [0.15, 0.2) is 21.3 Å². The molecule has 24 heavy (non-hydrogen) atoms. The number of rotatable bonds is 15. The van der Waals surface area contributed by atoms with E-state index in [2.05, 4.69) is 6.92 Å². The molecule has 0 bridgehead atoms. The Morgan fingerprint density at radius 1 is 0.792 bits per heavy atom. The minimum atomic E-state index is -0.320. The summed E-state index contributed by atoms with van der Waals surface area (Å²) in [4.78, 5) is 11.4. The zero-order valence-electron chi connectivity index (χ0n) is 15.8. The van der Waals surface area contributed by atoms with Crippen molar-refractivity contribution in [3.8, 4) is 5.75 Å². The van der Waals surface area contributed by atoms with Gasteiger partial charge in [-0.1, -0.05) is 84.5 Å². The minimum Gasteiger partial charge on any atom is -0.493 e. The van der Waals surface area contributed by atoms with Crippen molar-refractivity contribution in [3.63, 3.8) is 0 Å². The third-order valence-corrected chi connectivity index (χ3v) is 4.41. The summed E-state index contributed by atoms with van der Waals surface area (Å²) in [6.45, 7) is 4.92. The van der Waals surface area contributed by atoms with E-state index in [4.69, 9.17) is 9.15 Å². The maximum atomic E-state index is 11.4. The molecule has 0 spiro atoms. The van der Waals surface area contributed by atoms with Crippen molar-refractivity contribution in [2.24, 2.45) is 0 Å². The zero-order valence-corrected chi connectivity index (χ0v) is 15.8. The van der Waals surface area contributed by atoms with E-state index in [-0.39, 0.29) is 5.63 Å². The predicted octanol–water partition coefficient (Wildman–Crippen LogP) is 6.28. The van der Waals surface area contributed by atoms with E-state index in [1.165, 1.54) is 76.7 Å². The molecule has 0 atom stereocenters. The molecule has 1 aromatic heterocycles. The summed E-state index contributed by atoms with van der Waals surface area (Å²) < 4.78 is 10.7. The van der Waals surface area contributed by atoms with E-state index in [1.54, 1.807) is 0 Å². The first-order valence-corrected chi connectivity index (χ1v) is 10.0. The van der Waals surface area contributed by atoms with Gasteiger partial charge in [-0.25, -0.2) is 4.79 Å². The molecular weight excluding hydrogens is 300 g/mol. The van der Waals surface area contributed by atoms with Gasteiger partial charge in [0.15, 0.2) is 0 Å². The molecule has 0 aromatic carbocycles. The molecule has 1 aromatic rings. The first kappa shape index (κ1) is 20.8. The second kappa shape index (κ2) is 14.1. The highest BCUT2D eigenvalue weighted by Gasteiger charge is 2.01. The standard InChI is InChI=1S/C21H36O3/c1-3-5-6-7-8-9-10-11-12-13-14-15-16-23-20-17-19(4-2)24-21(22)18-20/h17-18H,3-16H2,1-2H3. The Morgan fingerprint density at radius 3 is 1.88 bits per heavy atom. The van der Waals surface area contributed by atoms with Crippen LogP contribution in [0.25, 0.3) is 0 Å². The van der Waals surface area contributed by atoms with Crippen molar-refractivity contribution in [3.05, 3.63) is 28.3 Å². The lowest BCUT2D eigenvalue weighted by molar-refractivity contribution is 0.298. The fourth-order valence-corrected chi connectivity index (χ4v) is 2.90. The Balaban J connectivity index is 1.92. The second-order valence-electron chi connectivity index (χ2n) is 6.67. The third-order valence-electron chi connectivity index (χ3n) is 4.41. The molecule has 0 aliphatic rings.